The van der Waals surface area contributed by atoms with E-state index in [0.29, 0.717) is 22.0 Å². The number of anilines is 1. The number of nitrogens with one attached hydrogen (secondary N) is 1. The van der Waals surface area contributed by atoms with Crippen molar-refractivity contribution in [2.75, 3.05) is 12.4 Å². The fourth-order valence-corrected chi connectivity index (χ4v) is 2.13. The number of rotatable bonds is 4. The maximum atomic E-state index is 12.2. The fraction of sp³-hybridized carbons (Fsp3) is 0.0588. The number of carbonyl (C=O) groups is 1. The van der Waals surface area contributed by atoms with Crippen LogP contribution in [0.3, 0.4) is 0 Å². The monoisotopic (exact) mass is 328 g/mol. The summed E-state index contributed by atoms with van der Waals surface area (Å²) in [7, 11) is 1.49. The number of hydrogen-bond donors (Lipinski definition) is 2. The number of aromatic hydroxyl groups is 1. The lowest BCUT2D eigenvalue weighted by Gasteiger charge is -2.07. The molecule has 0 aliphatic heterocycles. The Morgan fingerprint density at radius 2 is 2.13 bits per heavy atom. The highest BCUT2D eigenvalue weighted by Crippen LogP contribution is 2.27. The van der Waals surface area contributed by atoms with Gasteiger partial charge in [0.1, 0.15) is 23.1 Å². The molecule has 0 unspecified atom stereocenters. The van der Waals surface area contributed by atoms with Crippen molar-refractivity contribution in [1.82, 2.24) is 0 Å². The van der Waals surface area contributed by atoms with Crippen molar-refractivity contribution < 1.29 is 14.6 Å². The Morgan fingerprint density at radius 1 is 1.35 bits per heavy atom. The van der Waals surface area contributed by atoms with Gasteiger partial charge in [-0.15, -0.1) is 0 Å². The molecule has 2 rings (SSSR count). The van der Waals surface area contributed by atoms with E-state index in [-0.39, 0.29) is 11.3 Å². The van der Waals surface area contributed by atoms with Crippen LogP contribution in [0.5, 0.6) is 11.5 Å². The Kier molecular flexibility index (Phi) is 5.23. The van der Waals surface area contributed by atoms with Crippen LogP contribution >= 0.6 is 11.6 Å². The summed E-state index contributed by atoms with van der Waals surface area (Å²) < 4.78 is 5.03. The van der Waals surface area contributed by atoms with Crippen LogP contribution in [0, 0.1) is 11.3 Å². The summed E-state index contributed by atoms with van der Waals surface area (Å²) in [5, 5.41) is 21.5. The molecule has 0 heterocycles. The maximum Gasteiger partial charge on any atom is 0.266 e. The minimum absolute atomic E-state index is 0.0541. The molecule has 0 saturated heterocycles. The molecular formula is C17H13ClN2O3. The number of phenols is 1. The normalized spacial score (nSPS) is 10.7. The number of amides is 1. The molecule has 0 spiro atoms. The number of carbonyl (C=O) groups excluding carboxylic acids is 1. The number of nitriles is 1. The molecule has 2 aromatic carbocycles. The van der Waals surface area contributed by atoms with Crippen LogP contribution in [0.4, 0.5) is 5.69 Å². The van der Waals surface area contributed by atoms with Gasteiger partial charge >= 0.3 is 0 Å². The first-order chi connectivity index (χ1) is 11.0. The highest BCUT2D eigenvalue weighted by Gasteiger charge is 2.11. The van der Waals surface area contributed by atoms with Gasteiger partial charge in [0, 0.05) is 5.69 Å². The van der Waals surface area contributed by atoms with E-state index >= 15 is 0 Å². The van der Waals surface area contributed by atoms with Gasteiger partial charge < -0.3 is 15.2 Å². The lowest BCUT2D eigenvalue weighted by Crippen LogP contribution is -2.13. The summed E-state index contributed by atoms with van der Waals surface area (Å²) in [5.41, 5.74) is 0.893. The van der Waals surface area contributed by atoms with Gasteiger partial charge in [0.2, 0.25) is 0 Å². The molecule has 0 radical (unpaired) electrons. The van der Waals surface area contributed by atoms with E-state index < -0.39 is 5.91 Å². The van der Waals surface area contributed by atoms with Crippen LogP contribution in [0.2, 0.25) is 5.02 Å². The molecule has 116 valence electrons. The predicted molar refractivity (Wildman–Crippen MR) is 88.3 cm³/mol. The van der Waals surface area contributed by atoms with E-state index in [1.807, 2.05) is 6.07 Å². The molecule has 0 aliphatic rings. The van der Waals surface area contributed by atoms with Crippen molar-refractivity contribution in [3.8, 4) is 17.6 Å². The maximum absolute atomic E-state index is 12.2. The van der Waals surface area contributed by atoms with Crippen LogP contribution < -0.4 is 10.1 Å². The average molecular weight is 329 g/mol. The van der Waals surface area contributed by atoms with E-state index in [9.17, 15) is 9.90 Å². The summed E-state index contributed by atoms with van der Waals surface area (Å²) in [4.78, 5) is 12.2. The number of methoxy groups -OCH3 is 1. The van der Waals surface area contributed by atoms with Gasteiger partial charge in [0.05, 0.1) is 12.1 Å². The Balaban J connectivity index is 2.21. The Morgan fingerprint density at radius 3 is 2.74 bits per heavy atom. The Bertz CT molecular complexity index is 810. The first-order valence-electron chi connectivity index (χ1n) is 6.59. The summed E-state index contributed by atoms with van der Waals surface area (Å²) in [6.07, 6.45) is 1.39. The third kappa shape index (κ3) is 4.25. The second-order valence-electron chi connectivity index (χ2n) is 4.57. The molecule has 23 heavy (non-hydrogen) atoms. The quantitative estimate of drug-likeness (QED) is 0.663. The molecule has 6 heteroatoms. The van der Waals surface area contributed by atoms with Gasteiger partial charge in [-0.05, 0) is 42.0 Å². The zero-order valence-corrected chi connectivity index (χ0v) is 13.0. The van der Waals surface area contributed by atoms with E-state index in [4.69, 9.17) is 21.6 Å². The summed E-state index contributed by atoms with van der Waals surface area (Å²) in [5.74, 6) is -0.0315. The number of halogens is 1. The summed E-state index contributed by atoms with van der Waals surface area (Å²) in [6, 6.07) is 12.9. The molecule has 2 N–H and O–H groups in total. The Hall–Kier alpha value is -2.97. The van der Waals surface area contributed by atoms with Gasteiger partial charge in [0.25, 0.3) is 5.91 Å². The topological polar surface area (TPSA) is 82.3 Å². The highest BCUT2D eigenvalue weighted by atomic mass is 35.5. The largest absolute Gasteiger partial charge is 0.508 e. The van der Waals surface area contributed by atoms with Gasteiger partial charge in [0.15, 0.2) is 0 Å². The van der Waals surface area contributed by atoms with Crippen molar-refractivity contribution in [3.63, 3.8) is 0 Å². The van der Waals surface area contributed by atoms with Crippen molar-refractivity contribution in [3.05, 3.63) is 58.6 Å². The van der Waals surface area contributed by atoms with E-state index in [1.165, 1.54) is 31.4 Å². The first kappa shape index (κ1) is 16.4. The van der Waals surface area contributed by atoms with Gasteiger partial charge in [-0.3, -0.25) is 4.79 Å². The number of benzene rings is 2. The summed E-state index contributed by atoms with van der Waals surface area (Å²) >= 11 is 5.99. The molecule has 2 aromatic rings. The van der Waals surface area contributed by atoms with E-state index in [2.05, 4.69) is 5.32 Å². The Labute approximate surface area is 138 Å². The predicted octanol–water partition coefficient (Wildman–Crippen LogP) is 3.60. The van der Waals surface area contributed by atoms with E-state index in [0.717, 1.165) is 0 Å². The van der Waals surface area contributed by atoms with Crippen molar-refractivity contribution in [2.45, 2.75) is 0 Å². The SMILES string of the molecule is COc1ccc(NC(=O)/C(C#N)=C\c2cccc(O)c2)cc1Cl. The minimum Gasteiger partial charge on any atom is -0.508 e. The summed E-state index contributed by atoms with van der Waals surface area (Å²) in [6.45, 7) is 0. The third-order valence-electron chi connectivity index (χ3n) is 2.96. The lowest BCUT2D eigenvalue weighted by molar-refractivity contribution is -0.112. The van der Waals surface area contributed by atoms with E-state index in [1.54, 1.807) is 24.3 Å². The number of hydrogen-bond acceptors (Lipinski definition) is 4. The van der Waals surface area contributed by atoms with Crippen LogP contribution in [0.25, 0.3) is 6.08 Å². The first-order valence-corrected chi connectivity index (χ1v) is 6.97. The minimum atomic E-state index is -0.572. The van der Waals surface area contributed by atoms with Crippen LogP contribution in [-0.2, 0) is 4.79 Å². The number of nitrogens with zero attached hydrogens (tertiary/aromatic N) is 1. The zero-order chi connectivity index (χ0) is 16.8. The number of phenolic OH excluding ortho intramolecular Hbond substituents is 1. The van der Waals surface area contributed by atoms with Crippen molar-refractivity contribution in [2.24, 2.45) is 0 Å². The molecule has 0 aliphatic carbocycles. The van der Waals surface area contributed by atoms with Gasteiger partial charge in [-0.25, -0.2) is 0 Å². The van der Waals surface area contributed by atoms with Crippen molar-refractivity contribution >= 4 is 29.3 Å². The standard InChI is InChI=1S/C17H13ClN2O3/c1-23-16-6-5-13(9-15(16)18)20-17(22)12(10-19)7-11-3-2-4-14(21)8-11/h2-9,21H,1H3,(H,20,22)/b12-7-. The molecule has 0 fully saturated rings. The third-order valence-corrected chi connectivity index (χ3v) is 3.25. The van der Waals surface area contributed by atoms with Crippen LogP contribution in [0.15, 0.2) is 48.0 Å². The van der Waals surface area contributed by atoms with Crippen molar-refractivity contribution in [1.29, 1.82) is 5.26 Å². The smallest absolute Gasteiger partial charge is 0.266 e. The molecule has 0 bridgehead atoms. The lowest BCUT2D eigenvalue weighted by atomic mass is 10.1. The molecule has 1 amide bonds. The highest BCUT2D eigenvalue weighted by molar-refractivity contribution is 6.32. The molecule has 0 saturated carbocycles. The second kappa shape index (κ2) is 7.34. The van der Waals surface area contributed by atoms with Gasteiger partial charge in [-0.1, -0.05) is 23.7 Å². The van der Waals surface area contributed by atoms with Crippen LogP contribution in [0.1, 0.15) is 5.56 Å². The zero-order valence-electron chi connectivity index (χ0n) is 12.2. The molecule has 0 aromatic heterocycles. The van der Waals surface area contributed by atoms with Crippen LogP contribution in [-0.4, -0.2) is 18.1 Å². The fourth-order valence-electron chi connectivity index (χ4n) is 1.87. The second-order valence-corrected chi connectivity index (χ2v) is 4.98. The molecular weight excluding hydrogens is 316 g/mol. The molecule has 5 nitrogen and oxygen atoms in total. The van der Waals surface area contributed by atoms with Gasteiger partial charge in [-0.2, -0.15) is 5.26 Å². The molecule has 0 atom stereocenters. The number of ether oxygens (including phenoxy) is 1. The average Bonchev–Trinajstić information content (AvgIpc) is 2.52.